The fourth-order valence-electron chi connectivity index (χ4n) is 2.37. The Balaban J connectivity index is 1.82. The second-order valence-electron chi connectivity index (χ2n) is 7.20. The zero-order chi connectivity index (χ0) is 20.4. The predicted molar refractivity (Wildman–Crippen MR) is 115 cm³/mol. The van der Waals surface area contributed by atoms with Crippen molar-refractivity contribution in [3.8, 4) is 11.5 Å². The van der Waals surface area contributed by atoms with Gasteiger partial charge in [-0.25, -0.2) is 0 Å². The monoisotopic (exact) mass is 382 g/mol. The lowest BCUT2D eigenvalue weighted by atomic mass is 10.1. The molecule has 2 N–H and O–H groups in total. The van der Waals surface area contributed by atoms with Crippen LogP contribution in [0.5, 0.6) is 11.5 Å². The quantitative estimate of drug-likeness (QED) is 0.530. The van der Waals surface area contributed by atoms with E-state index in [0.29, 0.717) is 24.9 Å². The van der Waals surface area contributed by atoms with Crippen LogP contribution in [0, 0.1) is 5.92 Å². The first-order valence-electron chi connectivity index (χ1n) is 9.57. The van der Waals surface area contributed by atoms with Gasteiger partial charge in [-0.2, -0.15) is 0 Å². The number of carbonyl (C=O) groups is 1. The molecular formula is C23H30N2O3. The first-order valence-corrected chi connectivity index (χ1v) is 9.57. The molecule has 2 aromatic rings. The zero-order valence-electron chi connectivity index (χ0n) is 17.0. The molecular weight excluding hydrogens is 352 g/mol. The predicted octanol–water partition coefficient (Wildman–Crippen LogP) is 5.12. The van der Waals surface area contributed by atoms with Crippen molar-refractivity contribution < 1.29 is 14.3 Å². The molecule has 150 valence electrons. The molecule has 0 spiro atoms. The summed E-state index contributed by atoms with van der Waals surface area (Å²) in [6, 6.07) is 14.9. The van der Waals surface area contributed by atoms with Gasteiger partial charge in [0.1, 0.15) is 18.1 Å². The van der Waals surface area contributed by atoms with Crippen LogP contribution < -0.4 is 20.1 Å². The van der Waals surface area contributed by atoms with E-state index in [2.05, 4.69) is 31.1 Å². The molecule has 0 aliphatic carbocycles. The van der Waals surface area contributed by atoms with Crippen molar-refractivity contribution in [2.75, 3.05) is 30.4 Å². The average Bonchev–Trinajstić information content (AvgIpc) is 2.66. The van der Waals surface area contributed by atoms with Gasteiger partial charge in [-0.15, -0.1) is 0 Å². The molecule has 0 aliphatic rings. The van der Waals surface area contributed by atoms with Gasteiger partial charge in [-0.3, -0.25) is 4.79 Å². The minimum Gasteiger partial charge on any atom is -0.494 e. The first kappa shape index (κ1) is 21.4. The Morgan fingerprint density at radius 1 is 1.07 bits per heavy atom. The van der Waals surface area contributed by atoms with E-state index in [-0.39, 0.29) is 12.5 Å². The molecule has 0 fully saturated rings. The lowest BCUT2D eigenvalue weighted by Gasteiger charge is -2.13. The van der Waals surface area contributed by atoms with E-state index in [4.69, 9.17) is 9.47 Å². The topological polar surface area (TPSA) is 59.6 Å². The molecule has 2 aromatic carbocycles. The summed E-state index contributed by atoms with van der Waals surface area (Å²) in [6.45, 7) is 11.3. The van der Waals surface area contributed by atoms with E-state index in [9.17, 15) is 4.79 Å². The molecule has 0 saturated carbocycles. The van der Waals surface area contributed by atoms with Crippen LogP contribution in [0.1, 0.15) is 27.2 Å². The van der Waals surface area contributed by atoms with Gasteiger partial charge in [0.15, 0.2) is 0 Å². The van der Waals surface area contributed by atoms with Gasteiger partial charge < -0.3 is 20.1 Å². The van der Waals surface area contributed by atoms with Gasteiger partial charge in [0, 0.05) is 5.69 Å². The number of ether oxygens (including phenoxy) is 2. The Morgan fingerprint density at radius 2 is 1.79 bits per heavy atom. The summed E-state index contributed by atoms with van der Waals surface area (Å²) < 4.78 is 11.4. The van der Waals surface area contributed by atoms with Gasteiger partial charge >= 0.3 is 0 Å². The van der Waals surface area contributed by atoms with Crippen LogP contribution >= 0.6 is 0 Å². The summed E-state index contributed by atoms with van der Waals surface area (Å²) in [6.07, 6.45) is 1.02. The van der Waals surface area contributed by atoms with Crippen molar-refractivity contribution in [1.82, 2.24) is 0 Å². The van der Waals surface area contributed by atoms with Crippen molar-refractivity contribution in [2.45, 2.75) is 27.2 Å². The van der Waals surface area contributed by atoms with Gasteiger partial charge in [-0.1, -0.05) is 32.6 Å². The van der Waals surface area contributed by atoms with E-state index >= 15 is 0 Å². The fourth-order valence-corrected chi connectivity index (χ4v) is 2.37. The van der Waals surface area contributed by atoms with Crippen LogP contribution in [0.15, 0.2) is 60.7 Å². The molecule has 2 rings (SSSR count). The molecule has 28 heavy (non-hydrogen) atoms. The van der Waals surface area contributed by atoms with Crippen molar-refractivity contribution in [1.29, 1.82) is 0 Å². The minimum absolute atomic E-state index is 0.136. The number of benzene rings is 2. The summed E-state index contributed by atoms with van der Waals surface area (Å²) in [5.41, 5.74) is 2.44. The molecule has 0 heterocycles. The van der Waals surface area contributed by atoms with Gasteiger partial charge in [-0.05, 0) is 61.2 Å². The molecule has 0 bridgehead atoms. The van der Waals surface area contributed by atoms with E-state index in [1.54, 1.807) is 0 Å². The van der Waals surface area contributed by atoms with Crippen LogP contribution in [0.2, 0.25) is 0 Å². The van der Waals surface area contributed by atoms with Crippen molar-refractivity contribution in [3.63, 3.8) is 0 Å². The molecule has 0 atom stereocenters. The maximum atomic E-state index is 12.2. The van der Waals surface area contributed by atoms with E-state index in [1.807, 2.05) is 55.5 Å². The summed E-state index contributed by atoms with van der Waals surface area (Å²) in [7, 11) is 0. The van der Waals surface area contributed by atoms with Crippen LogP contribution in [-0.4, -0.2) is 25.7 Å². The van der Waals surface area contributed by atoms with E-state index in [0.717, 1.165) is 29.1 Å². The number of rotatable bonds is 11. The number of carbonyl (C=O) groups excluding carboxylic acids is 1. The van der Waals surface area contributed by atoms with Crippen LogP contribution in [0.25, 0.3) is 0 Å². The summed E-state index contributed by atoms with van der Waals surface area (Å²) in [5.74, 6) is 1.98. The zero-order valence-corrected chi connectivity index (χ0v) is 17.0. The molecule has 0 aromatic heterocycles. The number of para-hydroxylation sites is 2. The van der Waals surface area contributed by atoms with Crippen LogP contribution in [0.3, 0.4) is 0 Å². The normalized spacial score (nSPS) is 10.4. The summed E-state index contributed by atoms with van der Waals surface area (Å²) in [4.78, 5) is 12.2. The number of amides is 1. The summed E-state index contributed by atoms with van der Waals surface area (Å²) >= 11 is 0. The Bertz CT molecular complexity index is 770. The maximum Gasteiger partial charge on any atom is 0.243 e. The SMILES string of the molecule is C=C(C)COc1ccccc1NCC(=O)Nc1ccc(OCCC(C)C)cc1. The lowest BCUT2D eigenvalue weighted by Crippen LogP contribution is -2.22. The molecule has 5 heteroatoms. The Hall–Kier alpha value is -2.95. The Kier molecular flexibility index (Phi) is 8.40. The van der Waals surface area contributed by atoms with Gasteiger partial charge in [0.2, 0.25) is 5.91 Å². The van der Waals surface area contributed by atoms with Crippen molar-refractivity contribution in [2.24, 2.45) is 5.92 Å². The second-order valence-corrected chi connectivity index (χ2v) is 7.20. The average molecular weight is 383 g/mol. The summed E-state index contributed by atoms with van der Waals surface area (Å²) in [5, 5.41) is 5.99. The van der Waals surface area contributed by atoms with Crippen molar-refractivity contribution >= 4 is 17.3 Å². The smallest absolute Gasteiger partial charge is 0.243 e. The fraction of sp³-hybridized carbons (Fsp3) is 0.348. The highest BCUT2D eigenvalue weighted by atomic mass is 16.5. The Morgan fingerprint density at radius 3 is 2.46 bits per heavy atom. The number of hydrogen-bond donors (Lipinski definition) is 2. The highest BCUT2D eigenvalue weighted by Gasteiger charge is 2.07. The molecule has 0 aliphatic heterocycles. The molecule has 0 saturated heterocycles. The highest BCUT2D eigenvalue weighted by Crippen LogP contribution is 2.24. The largest absolute Gasteiger partial charge is 0.494 e. The third kappa shape index (κ3) is 7.74. The van der Waals surface area contributed by atoms with Gasteiger partial charge in [0.25, 0.3) is 0 Å². The van der Waals surface area contributed by atoms with Crippen molar-refractivity contribution in [3.05, 3.63) is 60.7 Å². The number of hydrogen-bond acceptors (Lipinski definition) is 4. The van der Waals surface area contributed by atoms with Crippen LogP contribution in [-0.2, 0) is 4.79 Å². The van der Waals surface area contributed by atoms with Gasteiger partial charge in [0.05, 0.1) is 18.8 Å². The minimum atomic E-state index is -0.136. The third-order valence-corrected chi connectivity index (χ3v) is 3.90. The molecule has 0 unspecified atom stereocenters. The Labute approximate surface area is 167 Å². The molecule has 0 radical (unpaired) electrons. The first-order chi connectivity index (χ1) is 13.4. The highest BCUT2D eigenvalue weighted by molar-refractivity contribution is 5.94. The standard InChI is InChI=1S/C23H30N2O3/c1-17(2)13-14-27-20-11-9-19(10-12-20)25-23(26)15-24-21-7-5-6-8-22(21)28-16-18(3)4/h5-12,17,24H,3,13-16H2,1-2,4H3,(H,25,26). The number of anilines is 2. The maximum absolute atomic E-state index is 12.2. The van der Waals surface area contributed by atoms with E-state index in [1.165, 1.54) is 0 Å². The second kappa shape index (κ2) is 11.0. The third-order valence-electron chi connectivity index (χ3n) is 3.90. The lowest BCUT2D eigenvalue weighted by molar-refractivity contribution is -0.114. The van der Waals surface area contributed by atoms with Crippen LogP contribution in [0.4, 0.5) is 11.4 Å². The van der Waals surface area contributed by atoms with E-state index < -0.39 is 0 Å². The molecule has 5 nitrogen and oxygen atoms in total. The number of nitrogens with one attached hydrogen (secondary N) is 2. The molecule has 1 amide bonds.